The van der Waals surface area contributed by atoms with E-state index in [0.717, 1.165) is 43.3 Å². The Hall–Kier alpha value is -3.38. The Morgan fingerprint density at radius 2 is 1.83 bits per heavy atom. The van der Waals surface area contributed by atoms with E-state index >= 15 is 0 Å². The van der Waals surface area contributed by atoms with E-state index in [1.165, 1.54) is 18.3 Å². The number of alkyl halides is 6. The van der Waals surface area contributed by atoms with Gasteiger partial charge in [0.05, 0.1) is 24.0 Å². The monoisotopic (exact) mass is 501 g/mol. The van der Waals surface area contributed by atoms with Crippen molar-refractivity contribution in [3.63, 3.8) is 0 Å². The number of hydrogen-bond acceptors (Lipinski definition) is 5. The van der Waals surface area contributed by atoms with E-state index in [4.69, 9.17) is 0 Å². The lowest BCUT2D eigenvalue weighted by Crippen LogP contribution is -2.30. The SMILES string of the molecule is Cn1ncc(-c2cc(C3CCCCC3)c(=O)n(Cc3ncccc3OC(F)(F)F)n2)c1C(F)(F)F. The van der Waals surface area contributed by atoms with Gasteiger partial charge in [-0.25, -0.2) is 4.68 Å². The number of pyridine rings is 1. The predicted molar refractivity (Wildman–Crippen MR) is 112 cm³/mol. The van der Waals surface area contributed by atoms with E-state index in [0.29, 0.717) is 17.5 Å². The summed E-state index contributed by atoms with van der Waals surface area (Å²) in [6.07, 6.45) is -3.49. The van der Waals surface area contributed by atoms with Crippen LogP contribution in [0.1, 0.15) is 55.0 Å². The molecule has 7 nitrogen and oxygen atoms in total. The molecule has 0 bridgehead atoms. The molecule has 188 valence electrons. The highest BCUT2D eigenvalue weighted by Gasteiger charge is 2.38. The second-order valence-electron chi connectivity index (χ2n) is 8.31. The maximum Gasteiger partial charge on any atom is 0.573 e. The molecular formula is C22H21F6N5O2. The lowest BCUT2D eigenvalue weighted by molar-refractivity contribution is -0.275. The van der Waals surface area contributed by atoms with E-state index in [-0.39, 0.29) is 28.4 Å². The first-order chi connectivity index (χ1) is 16.4. The molecule has 3 aromatic rings. The van der Waals surface area contributed by atoms with E-state index in [9.17, 15) is 31.1 Å². The maximum absolute atomic E-state index is 13.7. The van der Waals surface area contributed by atoms with Crippen LogP contribution in [0.25, 0.3) is 11.3 Å². The topological polar surface area (TPSA) is 74.8 Å². The summed E-state index contributed by atoms with van der Waals surface area (Å²) in [5.74, 6) is -0.833. The summed E-state index contributed by atoms with van der Waals surface area (Å²) in [6.45, 7) is -0.528. The molecular weight excluding hydrogens is 480 g/mol. The zero-order valence-electron chi connectivity index (χ0n) is 18.5. The smallest absolute Gasteiger partial charge is 0.404 e. The van der Waals surface area contributed by atoms with Crippen molar-refractivity contribution in [3.8, 4) is 17.0 Å². The molecule has 35 heavy (non-hydrogen) atoms. The van der Waals surface area contributed by atoms with Crippen LogP contribution in [-0.2, 0) is 19.8 Å². The molecule has 1 saturated carbocycles. The first kappa shape index (κ1) is 24.7. The van der Waals surface area contributed by atoms with Crippen molar-refractivity contribution in [1.29, 1.82) is 0 Å². The van der Waals surface area contributed by atoms with E-state index in [1.807, 2.05) is 0 Å². The van der Waals surface area contributed by atoms with Gasteiger partial charge in [0.25, 0.3) is 5.56 Å². The molecule has 3 heterocycles. The van der Waals surface area contributed by atoms with Gasteiger partial charge in [-0.05, 0) is 37.0 Å². The molecule has 0 radical (unpaired) electrons. The average molecular weight is 501 g/mol. The lowest BCUT2D eigenvalue weighted by Gasteiger charge is -2.23. The fourth-order valence-corrected chi connectivity index (χ4v) is 4.37. The number of halogens is 6. The molecule has 1 aliphatic rings. The van der Waals surface area contributed by atoms with Crippen molar-refractivity contribution >= 4 is 0 Å². The van der Waals surface area contributed by atoms with Crippen LogP contribution in [0.15, 0.2) is 35.4 Å². The summed E-state index contributed by atoms with van der Waals surface area (Å²) < 4.78 is 85.2. The van der Waals surface area contributed by atoms with Gasteiger partial charge in [0.1, 0.15) is 5.69 Å². The van der Waals surface area contributed by atoms with Gasteiger partial charge >= 0.3 is 12.5 Å². The molecule has 0 N–H and O–H groups in total. The third-order valence-corrected chi connectivity index (χ3v) is 5.90. The lowest BCUT2D eigenvalue weighted by atomic mass is 9.84. The molecule has 0 spiro atoms. The van der Waals surface area contributed by atoms with Crippen LogP contribution in [-0.4, -0.2) is 30.9 Å². The summed E-state index contributed by atoms with van der Waals surface area (Å²) >= 11 is 0. The van der Waals surface area contributed by atoms with Crippen LogP contribution in [0.4, 0.5) is 26.3 Å². The van der Waals surface area contributed by atoms with Crippen molar-refractivity contribution in [2.45, 2.75) is 57.1 Å². The molecule has 0 atom stereocenters. The normalized spacial score (nSPS) is 15.4. The molecule has 0 saturated heterocycles. The van der Waals surface area contributed by atoms with Crippen LogP contribution in [0, 0.1) is 0 Å². The molecule has 3 aromatic heterocycles. The third-order valence-electron chi connectivity index (χ3n) is 5.90. The molecule has 0 amide bonds. The summed E-state index contributed by atoms with van der Waals surface area (Å²) in [5.41, 5.74) is -2.11. The average Bonchev–Trinajstić information content (AvgIpc) is 3.18. The van der Waals surface area contributed by atoms with Crippen molar-refractivity contribution in [2.75, 3.05) is 0 Å². The highest BCUT2D eigenvalue weighted by atomic mass is 19.4. The Balaban J connectivity index is 1.86. The highest BCUT2D eigenvalue weighted by molar-refractivity contribution is 5.62. The van der Waals surface area contributed by atoms with Crippen LogP contribution in [0.2, 0.25) is 0 Å². The highest BCUT2D eigenvalue weighted by Crippen LogP contribution is 2.37. The molecule has 1 aliphatic carbocycles. The van der Waals surface area contributed by atoms with Gasteiger partial charge in [-0.3, -0.25) is 14.5 Å². The number of hydrogen-bond donors (Lipinski definition) is 0. The summed E-state index contributed by atoms with van der Waals surface area (Å²) in [7, 11) is 1.14. The molecule has 0 aliphatic heterocycles. The van der Waals surface area contributed by atoms with Crippen molar-refractivity contribution in [2.24, 2.45) is 7.05 Å². The molecule has 0 aromatic carbocycles. The maximum atomic E-state index is 13.7. The molecule has 0 unspecified atom stereocenters. The minimum atomic E-state index is -5.00. The number of aromatic nitrogens is 5. The zero-order chi connectivity index (χ0) is 25.4. The van der Waals surface area contributed by atoms with E-state index < -0.39 is 36.1 Å². The quantitative estimate of drug-likeness (QED) is 0.458. The van der Waals surface area contributed by atoms with Gasteiger partial charge in [0.15, 0.2) is 11.4 Å². The predicted octanol–water partition coefficient (Wildman–Crippen LogP) is 5.05. The Morgan fingerprint density at radius 1 is 1.11 bits per heavy atom. The van der Waals surface area contributed by atoms with Gasteiger partial charge < -0.3 is 4.74 Å². The third kappa shape index (κ3) is 5.49. The van der Waals surface area contributed by atoms with Crippen molar-refractivity contribution in [1.82, 2.24) is 24.5 Å². The van der Waals surface area contributed by atoms with Gasteiger partial charge in [0.2, 0.25) is 0 Å². The summed E-state index contributed by atoms with van der Waals surface area (Å²) in [6, 6.07) is 3.61. The van der Waals surface area contributed by atoms with Gasteiger partial charge in [-0.15, -0.1) is 13.2 Å². The number of ether oxygens (including phenoxy) is 1. The summed E-state index contributed by atoms with van der Waals surface area (Å²) in [5, 5.41) is 7.80. The molecule has 1 fully saturated rings. The second-order valence-corrected chi connectivity index (χ2v) is 8.31. The van der Waals surface area contributed by atoms with Gasteiger partial charge in [-0.1, -0.05) is 19.3 Å². The number of aryl methyl sites for hydroxylation is 1. The van der Waals surface area contributed by atoms with E-state index in [2.05, 4.69) is 19.9 Å². The fourth-order valence-electron chi connectivity index (χ4n) is 4.37. The largest absolute Gasteiger partial charge is 0.573 e. The van der Waals surface area contributed by atoms with Crippen LogP contribution in [0.3, 0.4) is 0 Å². The van der Waals surface area contributed by atoms with Crippen LogP contribution in [0.5, 0.6) is 5.75 Å². The molecule has 13 heteroatoms. The second kappa shape index (κ2) is 9.34. The number of nitrogens with zero attached hydrogens (tertiary/aromatic N) is 5. The first-order valence-corrected chi connectivity index (χ1v) is 10.9. The standard InChI is InChI=1S/C22H21F6N5O2/c1-32-19(21(23,24)25)15(11-30-32)16-10-14(13-6-3-2-4-7-13)20(34)33(31-16)12-17-18(8-5-9-29-17)35-22(26,27)28/h5,8-11,13H,2-4,6-7,12H2,1H3. The summed E-state index contributed by atoms with van der Waals surface area (Å²) in [4.78, 5) is 17.2. The Kier molecular flexibility index (Phi) is 6.60. The Labute approximate surface area is 195 Å². The van der Waals surface area contributed by atoms with Gasteiger partial charge in [-0.2, -0.15) is 23.4 Å². The van der Waals surface area contributed by atoms with E-state index in [1.54, 1.807) is 0 Å². The van der Waals surface area contributed by atoms with Crippen molar-refractivity contribution in [3.05, 3.63) is 57.9 Å². The Bertz CT molecular complexity index is 1260. The van der Waals surface area contributed by atoms with Crippen molar-refractivity contribution < 1.29 is 31.1 Å². The zero-order valence-corrected chi connectivity index (χ0v) is 18.5. The Morgan fingerprint density at radius 3 is 2.49 bits per heavy atom. The minimum absolute atomic E-state index is 0.153. The van der Waals surface area contributed by atoms with Crippen LogP contribution < -0.4 is 10.3 Å². The first-order valence-electron chi connectivity index (χ1n) is 10.9. The number of rotatable bonds is 5. The fraction of sp³-hybridized carbons (Fsp3) is 0.455. The minimum Gasteiger partial charge on any atom is -0.404 e. The van der Waals surface area contributed by atoms with Crippen LogP contribution >= 0.6 is 0 Å². The van der Waals surface area contributed by atoms with Gasteiger partial charge in [0, 0.05) is 18.8 Å². The molecule has 4 rings (SSSR count).